The summed E-state index contributed by atoms with van der Waals surface area (Å²) in [4.78, 5) is 52.2. The maximum atomic E-state index is 13.2. The lowest BCUT2D eigenvalue weighted by Crippen LogP contribution is -2.52. The number of rotatable bonds is 7. The lowest BCUT2D eigenvalue weighted by molar-refractivity contribution is -0.136. The number of carbonyl (C=O) groups is 3. The largest absolute Gasteiger partial charge is 0.493 e. The lowest BCUT2D eigenvalue weighted by atomic mass is 9.97. The molecule has 2 saturated heterocycles. The number of halogens is 1. The standard InChI is InChI=1S/C44H41ClN8O4S/c1-25-37(58-44-39(25)40(30-8-10-31(45)11-9-30)47-26(2)41-50-49-27(3)53(41)44)15-13-32-12-7-29(21-46-32)22-51-19-17-28(18-20-51)24-57-36-6-4-5-33-34(36)23-52(43(33)56)35-14-16-38(54)48-42(35)55/h4-12,21,26,28,35H,14,16-20,22-24H2,1-3H3,(H,48,54,55)/t26-,35?/m0/s1. The van der Waals surface area contributed by atoms with Crippen LogP contribution in [-0.4, -0.2) is 78.7 Å². The van der Waals surface area contributed by atoms with Crippen LogP contribution in [0.3, 0.4) is 0 Å². The van der Waals surface area contributed by atoms with E-state index in [-0.39, 0.29) is 24.3 Å². The molecular formula is C44H41ClN8O4S. The number of imide groups is 1. The smallest absolute Gasteiger partial charge is 0.255 e. The van der Waals surface area contributed by atoms with Crippen molar-refractivity contribution in [2.24, 2.45) is 10.9 Å². The fourth-order valence-corrected chi connectivity index (χ4v) is 9.62. The third kappa shape index (κ3) is 7.21. The monoisotopic (exact) mass is 812 g/mol. The minimum atomic E-state index is -0.648. The highest BCUT2D eigenvalue weighted by Crippen LogP contribution is 2.39. The van der Waals surface area contributed by atoms with Gasteiger partial charge in [0.1, 0.15) is 34.4 Å². The first-order valence-electron chi connectivity index (χ1n) is 19.6. The molecule has 4 aliphatic rings. The molecule has 0 saturated carbocycles. The number of aromatic nitrogens is 4. The average Bonchev–Trinajstić information content (AvgIpc) is 3.85. The van der Waals surface area contributed by atoms with Gasteiger partial charge in [0.25, 0.3) is 5.91 Å². The maximum absolute atomic E-state index is 13.2. The van der Waals surface area contributed by atoms with Crippen LogP contribution in [0.2, 0.25) is 5.02 Å². The number of hydrogen-bond donors (Lipinski definition) is 1. The number of pyridine rings is 1. The number of ether oxygens (including phenoxy) is 1. The fourth-order valence-electron chi connectivity index (χ4n) is 8.28. The minimum absolute atomic E-state index is 0.179. The molecule has 5 aromatic rings. The van der Waals surface area contributed by atoms with E-state index in [1.807, 2.05) is 62.5 Å². The van der Waals surface area contributed by atoms with Crippen LogP contribution in [0.25, 0.3) is 5.00 Å². The summed E-state index contributed by atoms with van der Waals surface area (Å²) in [5.41, 5.74) is 7.18. The van der Waals surface area contributed by atoms with Crippen LogP contribution in [-0.2, 0) is 22.7 Å². The molecule has 0 spiro atoms. The van der Waals surface area contributed by atoms with Crippen LogP contribution in [0, 0.1) is 31.6 Å². The fraction of sp³-hybridized carbons (Fsp3) is 0.341. The highest BCUT2D eigenvalue weighted by atomic mass is 35.5. The average molecular weight is 813 g/mol. The Bertz CT molecular complexity index is 2540. The molecule has 12 nitrogen and oxygen atoms in total. The van der Waals surface area contributed by atoms with Crippen molar-refractivity contribution in [3.63, 3.8) is 0 Å². The normalized spacial score (nSPS) is 19.4. The molecular weight excluding hydrogens is 772 g/mol. The Labute approximate surface area is 345 Å². The van der Waals surface area contributed by atoms with Crippen molar-refractivity contribution in [1.29, 1.82) is 0 Å². The predicted octanol–water partition coefficient (Wildman–Crippen LogP) is 6.36. The van der Waals surface area contributed by atoms with Crippen molar-refractivity contribution in [2.45, 2.75) is 71.6 Å². The van der Waals surface area contributed by atoms with Gasteiger partial charge >= 0.3 is 0 Å². The number of hydrogen-bond acceptors (Lipinski definition) is 10. The zero-order chi connectivity index (χ0) is 40.1. The molecule has 0 aliphatic carbocycles. The van der Waals surface area contributed by atoms with Gasteiger partial charge in [-0.15, -0.1) is 21.5 Å². The quantitative estimate of drug-likeness (QED) is 0.148. The van der Waals surface area contributed by atoms with E-state index in [2.05, 4.69) is 49.8 Å². The summed E-state index contributed by atoms with van der Waals surface area (Å²) in [7, 11) is 0. The van der Waals surface area contributed by atoms with Gasteiger partial charge in [0, 0.05) is 46.4 Å². The molecule has 0 bridgehead atoms. The first kappa shape index (κ1) is 37.9. The Kier molecular flexibility index (Phi) is 10.2. The number of thiophene rings is 1. The van der Waals surface area contributed by atoms with Crippen LogP contribution >= 0.6 is 22.9 Å². The Hall–Kier alpha value is -5.68. The van der Waals surface area contributed by atoms with E-state index < -0.39 is 11.9 Å². The van der Waals surface area contributed by atoms with Crippen molar-refractivity contribution in [2.75, 3.05) is 19.7 Å². The Morgan fingerprint density at radius 3 is 2.55 bits per heavy atom. The number of piperidine rings is 2. The third-order valence-corrected chi connectivity index (χ3v) is 12.9. The summed E-state index contributed by atoms with van der Waals surface area (Å²) in [5, 5.41) is 12.9. The SMILES string of the molecule is Cc1c(C#Cc2ccc(CN3CCC(COc4cccc5c4CN(C4CCC(=O)NC4=O)C5=O)CC3)cn2)sc2c1C(c1ccc(Cl)cc1)=N[C@@H](C)c1nnc(C)n1-2. The van der Waals surface area contributed by atoms with Crippen molar-refractivity contribution in [3.8, 4) is 22.6 Å². The van der Waals surface area contributed by atoms with Crippen LogP contribution in [0.1, 0.15) is 99.0 Å². The van der Waals surface area contributed by atoms with Gasteiger partial charge in [0.15, 0.2) is 5.82 Å². The van der Waals surface area contributed by atoms with Gasteiger partial charge in [-0.05, 0) is 112 Å². The van der Waals surface area contributed by atoms with Crippen LogP contribution in [0.5, 0.6) is 5.75 Å². The molecule has 1 unspecified atom stereocenters. The molecule has 2 fully saturated rings. The number of carbonyl (C=O) groups excluding carboxylic acids is 3. The van der Waals surface area contributed by atoms with E-state index in [1.54, 1.807) is 22.3 Å². The molecule has 294 valence electrons. The van der Waals surface area contributed by atoms with E-state index in [1.165, 1.54) is 0 Å². The van der Waals surface area contributed by atoms with E-state index in [9.17, 15) is 14.4 Å². The van der Waals surface area contributed by atoms with Gasteiger partial charge in [-0.1, -0.05) is 35.9 Å². The molecule has 4 aliphatic heterocycles. The Morgan fingerprint density at radius 2 is 1.79 bits per heavy atom. The van der Waals surface area contributed by atoms with Gasteiger partial charge < -0.3 is 9.64 Å². The molecule has 7 heterocycles. The number of likely N-dealkylation sites (tertiary alicyclic amines) is 1. The first-order valence-corrected chi connectivity index (χ1v) is 20.8. The molecule has 0 radical (unpaired) electrons. The summed E-state index contributed by atoms with van der Waals surface area (Å²) in [6.07, 6.45) is 4.48. The molecule has 3 aromatic heterocycles. The summed E-state index contributed by atoms with van der Waals surface area (Å²) < 4.78 is 8.44. The highest BCUT2D eigenvalue weighted by molar-refractivity contribution is 7.15. The molecule has 9 rings (SSSR count). The molecule has 58 heavy (non-hydrogen) atoms. The number of fused-ring (bicyclic) bond motifs is 4. The second kappa shape index (κ2) is 15.6. The van der Waals surface area contributed by atoms with E-state index >= 15 is 0 Å². The van der Waals surface area contributed by atoms with Gasteiger partial charge in [-0.25, -0.2) is 4.98 Å². The van der Waals surface area contributed by atoms with Crippen LogP contribution in [0.15, 0.2) is 65.8 Å². The molecule has 3 amide bonds. The van der Waals surface area contributed by atoms with Gasteiger partial charge in [-0.2, -0.15) is 0 Å². The van der Waals surface area contributed by atoms with Crippen molar-refractivity contribution in [3.05, 3.63) is 121 Å². The molecule has 2 aromatic carbocycles. The topological polar surface area (TPSA) is 135 Å². The zero-order valence-electron chi connectivity index (χ0n) is 32.4. The van der Waals surface area contributed by atoms with Crippen LogP contribution < -0.4 is 10.1 Å². The van der Waals surface area contributed by atoms with Crippen molar-refractivity contribution >= 4 is 46.4 Å². The number of amides is 3. The maximum Gasteiger partial charge on any atom is 0.255 e. The summed E-state index contributed by atoms with van der Waals surface area (Å²) in [6, 6.07) is 16.6. The van der Waals surface area contributed by atoms with Crippen LogP contribution in [0.4, 0.5) is 0 Å². The van der Waals surface area contributed by atoms with Gasteiger partial charge in [-0.3, -0.25) is 34.2 Å². The van der Waals surface area contributed by atoms with Gasteiger partial charge in [0.2, 0.25) is 11.8 Å². The highest BCUT2D eigenvalue weighted by Gasteiger charge is 2.40. The summed E-state index contributed by atoms with van der Waals surface area (Å²) in [5.74, 6) is 8.50. The minimum Gasteiger partial charge on any atom is -0.493 e. The summed E-state index contributed by atoms with van der Waals surface area (Å²) in [6.45, 7) is 9.66. The van der Waals surface area contributed by atoms with Crippen molar-refractivity contribution < 1.29 is 19.1 Å². The second-order valence-electron chi connectivity index (χ2n) is 15.4. The molecule has 14 heteroatoms. The van der Waals surface area contributed by atoms with E-state index in [0.29, 0.717) is 47.5 Å². The van der Waals surface area contributed by atoms with E-state index in [4.69, 9.17) is 26.3 Å². The predicted molar refractivity (Wildman–Crippen MR) is 220 cm³/mol. The van der Waals surface area contributed by atoms with Crippen molar-refractivity contribution in [1.82, 2.24) is 34.9 Å². The number of aryl methyl sites for hydroxylation is 1. The first-order chi connectivity index (χ1) is 28.1. The number of aliphatic imine (C=N–C) groups is 1. The number of nitrogens with one attached hydrogen (secondary N) is 1. The number of benzene rings is 2. The lowest BCUT2D eigenvalue weighted by Gasteiger charge is -2.32. The zero-order valence-corrected chi connectivity index (χ0v) is 34.0. The molecule has 1 N–H and O–H groups in total. The Morgan fingerprint density at radius 1 is 0.983 bits per heavy atom. The second-order valence-corrected chi connectivity index (χ2v) is 16.8. The van der Waals surface area contributed by atoms with E-state index in [0.717, 1.165) is 87.5 Å². The number of nitrogens with zero attached hydrogens (tertiary/aromatic N) is 7. The molecule has 2 atom stereocenters. The van der Waals surface area contributed by atoms with Gasteiger partial charge in [0.05, 0.1) is 23.7 Å². The third-order valence-electron chi connectivity index (χ3n) is 11.5. The Balaban J connectivity index is 0.822. The summed E-state index contributed by atoms with van der Waals surface area (Å²) >= 11 is 7.86.